The summed E-state index contributed by atoms with van der Waals surface area (Å²) in [5.74, 6) is 0. The molecule has 2 nitrogen and oxygen atoms in total. The van der Waals surface area contributed by atoms with Crippen LogP contribution in [0.1, 0.15) is 17.7 Å². The third-order valence-corrected chi connectivity index (χ3v) is 2.31. The van der Waals surface area contributed by atoms with Crippen molar-refractivity contribution in [3.8, 4) is 0 Å². The van der Waals surface area contributed by atoms with Gasteiger partial charge in [-0.25, -0.2) is 0 Å². The third kappa shape index (κ3) is 3.07. The van der Waals surface area contributed by atoms with E-state index in [1.54, 1.807) is 0 Å². The molecule has 0 aliphatic carbocycles. The lowest BCUT2D eigenvalue weighted by molar-refractivity contribution is -0.141. The molecular weight excluding hydrogens is 229 g/mol. The van der Waals surface area contributed by atoms with E-state index in [9.17, 15) is 13.2 Å². The molecule has 0 bridgehead atoms. The number of rotatable bonds is 3. The highest BCUT2D eigenvalue weighted by Gasteiger charge is 2.35. The molecule has 0 saturated carbocycles. The van der Waals surface area contributed by atoms with Crippen LogP contribution in [0, 0.1) is 0 Å². The number of nitrogens with zero attached hydrogens (tertiary/aromatic N) is 1. The normalized spacial score (nSPS) is 11.8. The van der Waals surface area contributed by atoms with Gasteiger partial charge in [0, 0.05) is 6.20 Å². The van der Waals surface area contributed by atoms with Crippen LogP contribution in [0.15, 0.2) is 12.3 Å². The molecule has 1 rings (SSSR count). The first-order valence-electron chi connectivity index (χ1n) is 4.37. The summed E-state index contributed by atoms with van der Waals surface area (Å²) >= 11 is 5.61. The Hall–Kier alpha value is -0.810. The van der Waals surface area contributed by atoms with Crippen molar-refractivity contribution in [1.29, 1.82) is 0 Å². The van der Waals surface area contributed by atoms with Crippen LogP contribution in [-0.2, 0) is 12.6 Å². The molecule has 0 radical (unpaired) electrons. The Morgan fingerprint density at radius 3 is 2.60 bits per heavy atom. The van der Waals surface area contributed by atoms with Gasteiger partial charge in [0.2, 0.25) is 0 Å². The number of hydrogen-bond acceptors (Lipinski definition) is 2. The van der Waals surface area contributed by atoms with Crippen LogP contribution < -0.4 is 5.73 Å². The molecule has 1 heterocycles. The van der Waals surface area contributed by atoms with Crippen LogP contribution in [0.3, 0.4) is 0 Å². The molecule has 0 unspecified atom stereocenters. The van der Waals surface area contributed by atoms with Gasteiger partial charge in [-0.15, -0.1) is 0 Å². The van der Waals surface area contributed by atoms with E-state index in [1.165, 1.54) is 6.07 Å². The average Bonchev–Trinajstić information content (AvgIpc) is 2.14. The van der Waals surface area contributed by atoms with Crippen molar-refractivity contribution in [2.24, 2.45) is 5.73 Å². The second-order valence-corrected chi connectivity index (χ2v) is 3.40. The first kappa shape index (κ1) is 12.3. The Kier molecular flexibility index (Phi) is 3.93. The summed E-state index contributed by atoms with van der Waals surface area (Å²) in [6.07, 6.45) is -2.36. The van der Waals surface area contributed by atoms with Crippen LogP contribution in [0.2, 0.25) is 5.02 Å². The molecule has 0 aliphatic rings. The van der Waals surface area contributed by atoms with Gasteiger partial charge in [0.1, 0.15) is 0 Å². The van der Waals surface area contributed by atoms with Crippen molar-refractivity contribution in [3.63, 3.8) is 0 Å². The lowest BCUT2D eigenvalue weighted by Crippen LogP contribution is -2.10. The van der Waals surface area contributed by atoms with Gasteiger partial charge in [-0.05, 0) is 31.0 Å². The SMILES string of the molecule is NCCCc1ccnc(C(F)(F)F)c1Cl. The maximum absolute atomic E-state index is 12.4. The fourth-order valence-corrected chi connectivity index (χ4v) is 1.48. The molecule has 2 N–H and O–H groups in total. The number of pyridine rings is 1. The standard InChI is InChI=1S/C9H10ClF3N2/c10-7-6(2-1-4-14)3-5-15-8(7)9(11,12)13/h3,5H,1-2,4,14H2. The van der Waals surface area contributed by atoms with Crippen LogP contribution >= 0.6 is 11.6 Å². The van der Waals surface area contributed by atoms with Gasteiger partial charge in [-0.3, -0.25) is 4.98 Å². The Labute approximate surface area is 90.3 Å². The van der Waals surface area contributed by atoms with Crippen molar-refractivity contribution in [2.45, 2.75) is 19.0 Å². The summed E-state index contributed by atoms with van der Waals surface area (Å²) in [6.45, 7) is 0.417. The smallest absolute Gasteiger partial charge is 0.330 e. The molecular formula is C9H10ClF3N2. The second-order valence-electron chi connectivity index (χ2n) is 3.02. The van der Waals surface area contributed by atoms with Gasteiger partial charge in [0.05, 0.1) is 5.02 Å². The molecule has 0 amide bonds. The lowest BCUT2D eigenvalue weighted by Gasteiger charge is -2.10. The fourth-order valence-electron chi connectivity index (χ4n) is 1.17. The van der Waals surface area contributed by atoms with E-state index in [0.29, 0.717) is 24.9 Å². The second kappa shape index (κ2) is 4.81. The Morgan fingerprint density at radius 1 is 1.40 bits per heavy atom. The molecule has 0 aromatic carbocycles. The van der Waals surface area contributed by atoms with Crippen molar-refractivity contribution < 1.29 is 13.2 Å². The fraction of sp³-hybridized carbons (Fsp3) is 0.444. The first-order chi connectivity index (χ1) is 6.96. The minimum absolute atomic E-state index is 0.321. The summed E-state index contributed by atoms with van der Waals surface area (Å²) in [7, 11) is 0. The maximum Gasteiger partial charge on any atom is 0.434 e. The van der Waals surface area contributed by atoms with E-state index in [-0.39, 0.29) is 5.02 Å². The molecule has 1 aromatic rings. The number of alkyl halides is 3. The van der Waals surface area contributed by atoms with Crippen LogP contribution in [0.5, 0.6) is 0 Å². The van der Waals surface area contributed by atoms with Crippen LogP contribution in [0.25, 0.3) is 0 Å². The molecule has 6 heteroatoms. The van der Waals surface area contributed by atoms with Gasteiger partial charge >= 0.3 is 6.18 Å². The number of aryl methyl sites for hydroxylation is 1. The highest BCUT2D eigenvalue weighted by atomic mass is 35.5. The number of halogens is 4. The summed E-state index contributed by atoms with van der Waals surface area (Å²) in [4.78, 5) is 3.23. The van der Waals surface area contributed by atoms with Crippen molar-refractivity contribution in [3.05, 3.63) is 28.5 Å². The van der Waals surface area contributed by atoms with E-state index in [0.717, 1.165) is 6.20 Å². The minimum atomic E-state index is -4.50. The van der Waals surface area contributed by atoms with E-state index in [4.69, 9.17) is 17.3 Å². The Bertz CT molecular complexity index is 339. The molecule has 0 atom stereocenters. The monoisotopic (exact) mass is 238 g/mol. The summed E-state index contributed by atoms with van der Waals surface area (Å²) in [5, 5.41) is -0.321. The average molecular weight is 239 g/mol. The number of aromatic nitrogens is 1. The highest BCUT2D eigenvalue weighted by Crippen LogP contribution is 2.34. The van der Waals surface area contributed by atoms with Gasteiger partial charge in [-0.1, -0.05) is 11.6 Å². The summed E-state index contributed by atoms with van der Waals surface area (Å²) in [5.41, 5.74) is 4.68. The maximum atomic E-state index is 12.4. The van der Waals surface area contributed by atoms with Gasteiger partial charge in [0.15, 0.2) is 5.69 Å². The van der Waals surface area contributed by atoms with Gasteiger partial charge in [-0.2, -0.15) is 13.2 Å². The highest BCUT2D eigenvalue weighted by molar-refractivity contribution is 6.32. The van der Waals surface area contributed by atoms with E-state index in [2.05, 4.69) is 4.98 Å². The first-order valence-corrected chi connectivity index (χ1v) is 4.75. The molecule has 0 aliphatic heterocycles. The van der Waals surface area contributed by atoms with E-state index < -0.39 is 11.9 Å². The predicted octanol–water partition coefficient (Wildman–Crippen LogP) is 2.65. The van der Waals surface area contributed by atoms with Crippen LogP contribution in [-0.4, -0.2) is 11.5 Å². The third-order valence-electron chi connectivity index (χ3n) is 1.89. The summed E-state index contributed by atoms with van der Waals surface area (Å²) in [6, 6.07) is 1.48. The predicted molar refractivity (Wildman–Crippen MR) is 51.6 cm³/mol. The van der Waals surface area contributed by atoms with Crippen molar-refractivity contribution in [1.82, 2.24) is 4.98 Å². The van der Waals surface area contributed by atoms with E-state index in [1.807, 2.05) is 0 Å². The minimum Gasteiger partial charge on any atom is -0.330 e. The lowest BCUT2D eigenvalue weighted by atomic mass is 10.1. The molecule has 84 valence electrons. The zero-order chi connectivity index (χ0) is 11.5. The Morgan fingerprint density at radius 2 is 2.07 bits per heavy atom. The summed E-state index contributed by atoms with van der Waals surface area (Å²) < 4.78 is 37.1. The quantitative estimate of drug-likeness (QED) is 0.879. The molecule has 15 heavy (non-hydrogen) atoms. The number of nitrogens with two attached hydrogens (primary N) is 1. The van der Waals surface area contributed by atoms with Gasteiger partial charge < -0.3 is 5.73 Å². The van der Waals surface area contributed by atoms with Crippen LogP contribution in [0.4, 0.5) is 13.2 Å². The van der Waals surface area contributed by atoms with Gasteiger partial charge in [0.25, 0.3) is 0 Å². The number of hydrogen-bond donors (Lipinski definition) is 1. The Balaban J connectivity index is 3.01. The molecule has 1 aromatic heterocycles. The van der Waals surface area contributed by atoms with Crippen molar-refractivity contribution >= 4 is 11.6 Å². The molecule has 0 spiro atoms. The molecule has 0 saturated heterocycles. The van der Waals surface area contributed by atoms with Crippen molar-refractivity contribution in [2.75, 3.05) is 6.54 Å². The largest absolute Gasteiger partial charge is 0.434 e. The zero-order valence-corrected chi connectivity index (χ0v) is 8.57. The topological polar surface area (TPSA) is 38.9 Å². The van der Waals surface area contributed by atoms with E-state index >= 15 is 0 Å². The molecule has 0 fully saturated rings. The zero-order valence-electron chi connectivity index (χ0n) is 7.81.